The van der Waals surface area contributed by atoms with E-state index in [9.17, 15) is 0 Å². The Hall–Kier alpha value is -1.61. The van der Waals surface area contributed by atoms with E-state index < -0.39 is 0 Å². The Morgan fingerprint density at radius 2 is 2.12 bits per heavy atom. The van der Waals surface area contributed by atoms with Gasteiger partial charge in [0.25, 0.3) is 0 Å². The van der Waals surface area contributed by atoms with Crippen molar-refractivity contribution in [2.45, 2.75) is 65.4 Å². The predicted molar refractivity (Wildman–Crippen MR) is 99.6 cm³/mol. The van der Waals surface area contributed by atoms with E-state index in [0.717, 1.165) is 43.9 Å². The Kier molecular flexibility index (Phi) is 8.03. The summed E-state index contributed by atoms with van der Waals surface area (Å²) in [5.74, 6) is 0.724. The highest BCUT2D eigenvalue weighted by Gasteiger charge is 2.15. The van der Waals surface area contributed by atoms with Crippen molar-refractivity contribution in [2.75, 3.05) is 13.2 Å². The van der Waals surface area contributed by atoms with E-state index in [1.807, 2.05) is 19.9 Å². The number of aromatic nitrogens is 1. The van der Waals surface area contributed by atoms with Crippen LogP contribution in [0.4, 0.5) is 0 Å². The average molecular weight is 329 g/mol. The van der Waals surface area contributed by atoms with Crippen molar-refractivity contribution in [1.82, 2.24) is 4.98 Å². The van der Waals surface area contributed by atoms with Crippen LogP contribution in [-0.4, -0.2) is 24.3 Å². The van der Waals surface area contributed by atoms with E-state index in [2.05, 4.69) is 31.2 Å². The summed E-state index contributed by atoms with van der Waals surface area (Å²) in [6, 6.07) is 4.08. The largest absolute Gasteiger partial charge is 0.475 e. The summed E-state index contributed by atoms with van der Waals surface area (Å²) in [4.78, 5) is 4.71. The summed E-state index contributed by atoms with van der Waals surface area (Å²) < 4.78 is 11.6. The number of ether oxygens (including phenoxy) is 2. The molecule has 1 aliphatic heterocycles. The van der Waals surface area contributed by atoms with Gasteiger partial charge in [0.15, 0.2) is 0 Å². The first-order chi connectivity index (χ1) is 11.8. The molecule has 0 aromatic carbocycles. The summed E-state index contributed by atoms with van der Waals surface area (Å²) in [7, 11) is 0. The van der Waals surface area contributed by atoms with Crippen molar-refractivity contribution >= 4 is 0 Å². The summed E-state index contributed by atoms with van der Waals surface area (Å²) >= 11 is 0. The van der Waals surface area contributed by atoms with Gasteiger partial charge in [-0.25, -0.2) is 4.98 Å². The first kappa shape index (κ1) is 18.7. The van der Waals surface area contributed by atoms with Gasteiger partial charge in [0.1, 0.15) is 6.61 Å². The minimum absolute atomic E-state index is 0.228. The van der Waals surface area contributed by atoms with Crippen LogP contribution in [0.5, 0.6) is 5.88 Å². The third-order valence-electron chi connectivity index (χ3n) is 4.36. The number of rotatable bonds is 5. The van der Waals surface area contributed by atoms with Crippen LogP contribution >= 0.6 is 0 Å². The molecule has 0 spiro atoms. The van der Waals surface area contributed by atoms with Gasteiger partial charge in [0.05, 0.1) is 11.8 Å². The quantitative estimate of drug-likeness (QED) is 0.745. The smallest absolute Gasteiger partial charge is 0.213 e. The zero-order valence-electron chi connectivity index (χ0n) is 15.4. The van der Waals surface area contributed by atoms with Gasteiger partial charge in [-0.3, -0.25) is 0 Å². The zero-order valence-corrected chi connectivity index (χ0v) is 15.4. The number of hydrogen-bond donors (Lipinski definition) is 0. The van der Waals surface area contributed by atoms with Crippen LogP contribution < -0.4 is 4.74 Å². The van der Waals surface area contributed by atoms with Gasteiger partial charge in [-0.1, -0.05) is 43.7 Å². The molecule has 1 fully saturated rings. The Morgan fingerprint density at radius 3 is 2.83 bits per heavy atom. The fourth-order valence-electron chi connectivity index (χ4n) is 2.94. The van der Waals surface area contributed by atoms with Crippen molar-refractivity contribution in [3.05, 3.63) is 47.2 Å². The second-order valence-electron chi connectivity index (χ2n) is 6.18. The molecule has 2 heterocycles. The molecule has 132 valence electrons. The van der Waals surface area contributed by atoms with Gasteiger partial charge < -0.3 is 9.47 Å². The van der Waals surface area contributed by atoms with Gasteiger partial charge in [-0.15, -0.1) is 0 Å². The van der Waals surface area contributed by atoms with Crippen LogP contribution in [-0.2, 0) is 11.2 Å². The fourth-order valence-corrected chi connectivity index (χ4v) is 2.94. The van der Waals surface area contributed by atoms with E-state index >= 15 is 0 Å². The predicted octanol–water partition coefficient (Wildman–Crippen LogP) is 5.18. The molecule has 2 aliphatic rings. The monoisotopic (exact) mass is 329 g/mol. The molecule has 0 amide bonds. The third-order valence-corrected chi connectivity index (χ3v) is 4.36. The molecule has 1 aromatic heterocycles. The average Bonchev–Trinajstić information content (AvgIpc) is 2.66. The van der Waals surface area contributed by atoms with Crippen LogP contribution in [0.25, 0.3) is 0 Å². The van der Waals surface area contributed by atoms with Gasteiger partial charge in [-0.05, 0) is 44.6 Å². The topological polar surface area (TPSA) is 31.4 Å². The molecule has 0 radical (unpaired) electrons. The normalized spacial score (nSPS) is 20.0. The van der Waals surface area contributed by atoms with Crippen molar-refractivity contribution in [3.63, 3.8) is 0 Å². The maximum atomic E-state index is 5.86. The van der Waals surface area contributed by atoms with Gasteiger partial charge >= 0.3 is 0 Å². The summed E-state index contributed by atoms with van der Waals surface area (Å²) in [6.45, 7) is 7.60. The lowest BCUT2D eigenvalue weighted by atomic mass is 9.98. The van der Waals surface area contributed by atoms with Crippen LogP contribution in [0.1, 0.15) is 57.2 Å². The molecule has 3 nitrogen and oxygen atoms in total. The summed E-state index contributed by atoms with van der Waals surface area (Å²) in [5.41, 5.74) is 3.81. The van der Waals surface area contributed by atoms with Crippen LogP contribution in [0.3, 0.4) is 0 Å². The molecular formula is C21H31NO2. The van der Waals surface area contributed by atoms with E-state index in [1.54, 1.807) is 0 Å². The number of aryl methyl sites for hydroxylation is 1. The first-order valence-electron chi connectivity index (χ1n) is 9.37. The van der Waals surface area contributed by atoms with Crippen molar-refractivity contribution < 1.29 is 9.47 Å². The van der Waals surface area contributed by atoms with Crippen molar-refractivity contribution in [1.29, 1.82) is 0 Å². The maximum absolute atomic E-state index is 5.86. The molecule has 24 heavy (non-hydrogen) atoms. The number of pyridine rings is 1. The highest BCUT2D eigenvalue weighted by atomic mass is 16.5. The van der Waals surface area contributed by atoms with Gasteiger partial charge in [-0.2, -0.15) is 0 Å². The molecule has 1 aromatic rings. The lowest BCUT2D eigenvalue weighted by Gasteiger charge is -2.22. The van der Waals surface area contributed by atoms with E-state index in [-0.39, 0.29) is 6.10 Å². The molecule has 1 aliphatic carbocycles. The van der Waals surface area contributed by atoms with Crippen molar-refractivity contribution in [3.8, 4) is 5.88 Å². The van der Waals surface area contributed by atoms with Gasteiger partial charge in [0, 0.05) is 19.1 Å². The second kappa shape index (κ2) is 10.3. The Labute approximate surface area is 146 Å². The molecule has 3 heteroatoms. The number of hydrogen-bond acceptors (Lipinski definition) is 3. The molecule has 1 atom stereocenters. The van der Waals surface area contributed by atoms with Crippen LogP contribution in [0.15, 0.2) is 35.9 Å². The van der Waals surface area contributed by atoms with Gasteiger partial charge in [0.2, 0.25) is 5.88 Å². The highest BCUT2D eigenvalue weighted by molar-refractivity contribution is 5.30. The summed E-state index contributed by atoms with van der Waals surface area (Å²) in [5, 5.41) is 0. The van der Waals surface area contributed by atoms with E-state index in [4.69, 9.17) is 14.5 Å². The molecule has 3 rings (SSSR count). The highest BCUT2D eigenvalue weighted by Crippen LogP contribution is 2.21. The molecule has 1 unspecified atom stereocenters. The minimum atomic E-state index is 0.228. The number of allylic oxidation sites excluding steroid dienone is 4. The molecular weight excluding hydrogens is 298 g/mol. The first-order valence-corrected chi connectivity index (χ1v) is 9.37. The zero-order chi connectivity index (χ0) is 17.2. The lowest BCUT2D eigenvalue weighted by molar-refractivity contribution is -0.0119. The third kappa shape index (κ3) is 5.79. The lowest BCUT2D eigenvalue weighted by Crippen LogP contribution is -2.26. The standard InChI is InChI=1S/C19H25NO2.C2H6/c1-15-10-11-19(22-14-17-9-5-6-12-21-17)20-18(15)13-16-7-3-2-4-8-16;1-2/h2-3,7,10-11,17H,4-6,8-9,12-14H2,1H3;1-2H3. The molecule has 1 saturated heterocycles. The number of nitrogens with zero attached hydrogens (tertiary/aromatic N) is 1. The van der Waals surface area contributed by atoms with Crippen molar-refractivity contribution in [2.24, 2.45) is 0 Å². The van der Waals surface area contributed by atoms with Crippen LogP contribution in [0, 0.1) is 6.92 Å². The summed E-state index contributed by atoms with van der Waals surface area (Å²) in [6.07, 6.45) is 13.5. The Morgan fingerprint density at radius 1 is 1.25 bits per heavy atom. The minimum Gasteiger partial charge on any atom is -0.475 e. The Balaban J connectivity index is 0.00000100. The second-order valence-corrected chi connectivity index (χ2v) is 6.18. The Bertz CT molecular complexity index is 557. The SMILES string of the molecule is CC.Cc1ccc(OCC2CCCCO2)nc1CC1=CC=CCC1. The van der Waals surface area contributed by atoms with E-state index in [1.165, 1.54) is 24.0 Å². The van der Waals surface area contributed by atoms with Crippen LogP contribution in [0.2, 0.25) is 0 Å². The maximum Gasteiger partial charge on any atom is 0.213 e. The molecule has 0 saturated carbocycles. The fraction of sp³-hybridized carbons (Fsp3) is 0.571. The van der Waals surface area contributed by atoms with E-state index in [0.29, 0.717) is 6.61 Å². The molecule has 0 bridgehead atoms. The molecule has 0 N–H and O–H groups in total.